The van der Waals surface area contributed by atoms with Crippen molar-refractivity contribution >= 4 is 33.4 Å². The Morgan fingerprint density at radius 2 is 1.54 bits per heavy atom. The Labute approximate surface area is 175 Å². The summed E-state index contributed by atoms with van der Waals surface area (Å²) in [5.41, 5.74) is 2.85. The van der Waals surface area contributed by atoms with E-state index in [1.54, 1.807) is 0 Å². The van der Waals surface area contributed by atoms with Crippen LogP contribution in [0.1, 0.15) is 49.5 Å². The molecule has 1 saturated heterocycles. The van der Waals surface area contributed by atoms with Crippen molar-refractivity contribution in [2.45, 2.75) is 39.0 Å². The molecule has 2 amide bonds. The molecule has 2 aromatic carbocycles. The Morgan fingerprint density at radius 3 is 2.07 bits per heavy atom. The second-order valence-electron chi connectivity index (χ2n) is 8.39. The first-order chi connectivity index (χ1) is 13.2. The van der Waals surface area contributed by atoms with Crippen molar-refractivity contribution in [3.05, 3.63) is 64.1 Å². The van der Waals surface area contributed by atoms with Crippen LogP contribution in [-0.4, -0.2) is 29.8 Å². The number of nitrogens with zero attached hydrogens (tertiary/aromatic N) is 1. The fourth-order valence-corrected chi connectivity index (χ4v) is 3.68. The molecule has 1 fully saturated rings. The lowest BCUT2D eigenvalue weighted by atomic mass is 9.87. The van der Waals surface area contributed by atoms with Crippen LogP contribution in [0, 0.1) is 5.92 Å². The predicted octanol–water partition coefficient (Wildman–Crippen LogP) is 5.24. The lowest BCUT2D eigenvalue weighted by molar-refractivity contribution is -0.121. The van der Waals surface area contributed by atoms with Crippen molar-refractivity contribution in [1.29, 1.82) is 0 Å². The number of carbonyl (C=O) groups excluding carboxylic acids is 2. The van der Waals surface area contributed by atoms with Crippen LogP contribution in [0.25, 0.3) is 0 Å². The molecule has 1 N–H and O–H groups in total. The van der Waals surface area contributed by atoms with Gasteiger partial charge >= 0.3 is 0 Å². The monoisotopic (exact) mass is 442 g/mol. The largest absolute Gasteiger partial charge is 0.339 e. The minimum absolute atomic E-state index is 0.0316. The predicted molar refractivity (Wildman–Crippen MR) is 117 cm³/mol. The average molecular weight is 443 g/mol. The summed E-state index contributed by atoms with van der Waals surface area (Å²) < 4.78 is 0.954. The third-order valence-electron chi connectivity index (χ3n) is 5.26. The van der Waals surface area contributed by atoms with Crippen molar-refractivity contribution in [1.82, 2.24) is 4.90 Å². The van der Waals surface area contributed by atoms with E-state index >= 15 is 0 Å². The van der Waals surface area contributed by atoms with Crippen LogP contribution in [0.4, 0.5) is 5.69 Å². The van der Waals surface area contributed by atoms with Gasteiger partial charge in [-0.1, -0.05) is 48.8 Å². The Bertz CT molecular complexity index is 830. The van der Waals surface area contributed by atoms with E-state index in [4.69, 9.17) is 0 Å². The topological polar surface area (TPSA) is 49.4 Å². The minimum Gasteiger partial charge on any atom is -0.339 e. The van der Waals surface area contributed by atoms with Gasteiger partial charge in [-0.15, -0.1) is 0 Å². The maximum Gasteiger partial charge on any atom is 0.253 e. The van der Waals surface area contributed by atoms with Crippen LogP contribution in [0.2, 0.25) is 0 Å². The zero-order valence-electron chi connectivity index (χ0n) is 16.7. The third kappa shape index (κ3) is 5.02. The van der Waals surface area contributed by atoms with Crippen LogP contribution >= 0.6 is 15.9 Å². The molecule has 0 aliphatic carbocycles. The van der Waals surface area contributed by atoms with Gasteiger partial charge in [0, 0.05) is 34.7 Å². The van der Waals surface area contributed by atoms with Gasteiger partial charge in [0.2, 0.25) is 5.91 Å². The van der Waals surface area contributed by atoms with Crippen LogP contribution in [0.5, 0.6) is 0 Å². The van der Waals surface area contributed by atoms with E-state index in [0.29, 0.717) is 31.5 Å². The van der Waals surface area contributed by atoms with E-state index in [2.05, 4.69) is 54.2 Å². The molecule has 0 spiro atoms. The molecule has 28 heavy (non-hydrogen) atoms. The molecule has 148 valence electrons. The molecule has 0 bridgehead atoms. The van der Waals surface area contributed by atoms with Gasteiger partial charge in [0.05, 0.1) is 0 Å². The number of anilines is 1. The third-order valence-corrected chi connectivity index (χ3v) is 5.79. The summed E-state index contributed by atoms with van der Waals surface area (Å²) in [5, 5.41) is 3.02. The first-order valence-corrected chi connectivity index (χ1v) is 10.5. The number of piperidine rings is 1. The number of likely N-dealkylation sites (tertiary alicyclic amines) is 1. The Morgan fingerprint density at radius 1 is 0.964 bits per heavy atom. The molecule has 0 saturated carbocycles. The van der Waals surface area contributed by atoms with Crippen molar-refractivity contribution in [2.75, 3.05) is 18.4 Å². The highest BCUT2D eigenvalue weighted by Crippen LogP contribution is 2.25. The summed E-state index contributed by atoms with van der Waals surface area (Å²) in [6, 6.07) is 15.5. The van der Waals surface area contributed by atoms with Gasteiger partial charge in [-0.25, -0.2) is 0 Å². The molecule has 0 atom stereocenters. The molecule has 2 aromatic rings. The molecule has 1 aliphatic heterocycles. The van der Waals surface area contributed by atoms with Gasteiger partial charge in [-0.3, -0.25) is 9.59 Å². The van der Waals surface area contributed by atoms with Gasteiger partial charge in [0.25, 0.3) is 5.91 Å². The summed E-state index contributed by atoms with van der Waals surface area (Å²) in [5.74, 6) is 0.0136. The van der Waals surface area contributed by atoms with Crippen LogP contribution in [-0.2, 0) is 10.2 Å². The maximum absolute atomic E-state index is 12.6. The second-order valence-corrected chi connectivity index (χ2v) is 9.31. The Balaban J connectivity index is 1.53. The zero-order chi connectivity index (χ0) is 20.3. The lowest BCUT2D eigenvalue weighted by Crippen LogP contribution is -2.41. The summed E-state index contributed by atoms with van der Waals surface area (Å²) >= 11 is 3.39. The fraction of sp³-hybridized carbons (Fsp3) is 0.391. The van der Waals surface area contributed by atoms with Crippen molar-refractivity contribution in [3.63, 3.8) is 0 Å². The van der Waals surface area contributed by atoms with Gasteiger partial charge in [-0.05, 0) is 60.2 Å². The van der Waals surface area contributed by atoms with Crippen LogP contribution < -0.4 is 5.32 Å². The summed E-state index contributed by atoms with van der Waals surface area (Å²) in [6.45, 7) is 7.73. The highest BCUT2D eigenvalue weighted by atomic mass is 79.9. The van der Waals surface area contributed by atoms with Crippen molar-refractivity contribution in [2.24, 2.45) is 5.92 Å². The smallest absolute Gasteiger partial charge is 0.253 e. The number of rotatable bonds is 3. The van der Waals surface area contributed by atoms with Crippen LogP contribution in [0.15, 0.2) is 53.0 Å². The second kappa shape index (κ2) is 8.48. The maximum atomic E-state index is 12.6. The van der Waals surface area contributed by atoms with E-state index in [1.807, 2.05) is 41.3 Å². The highest BCUT2D eigenvalue weighted by molar-refractivity contribution is 9.10. The molecule has 4 nitrogen and oxygen atoms in total. The number of carbonyl (C=O) groups is 2. The highest BCUT2D eigenvalue weighted by Gasteiger charge is 2.28. The lowest BCUT2D eigenvalue weighted by Gasteiger charge is -2.31. The molecule has 0 aromatic heterocycles. The Hall–Kier alpha value is -2.14. The number of amides is 2. The Kier molecular flexibility index (Phi) is 6.23. The molecule has 5 heteroatoms. The molecule has 1 aliphatic rings. The molecule has 0 unspecified atom stereocenters. The first-order valence-electron chi connectivity index (χ1n) is 9.70. The van der Waals surface area contributed by atoms with E-state index in [9.17, 15) is 9.59 Å². The van der Waals surface area contributed by atoms with E-state index in [0.717, 1.165) is 10.2 Å². The zero-order valence-corrected chi connectivity index (χ0v) is 18.3. The number of hydrogen-bond donors (Lipinski definition) is 1. The van der Waals surface area contributed by atoms with E-state index in [1.165, 1.54) is 5.56 Å². The van der Waals surface area contributed by atoms with Crippen molar-refractivity contribution < 1.29 is 9.59 Å². The fourth-order valence-electron chi connectivity index (χ4n) is 3.42. The molecular weight excluding hydrogens is 416 g/mol. The number of halogens is 1. The number of benzene rings is 2. The first kappa shape index (κ1) is 20.6. The van der Waals surface area contributed by atoms with Crippen LogP contribution in [0.3, 0.4) is 0 Å². The van der Waals surface area contributed by atoms with Gasteiger partial charge in [0.15, 0.2) is 0 Å². The van der Waals surface area contributed by atoms with Gasteiger partial charge < -0.3 is 10.2 Å². The summed E-state index contributed by atoms with van der Waals surface area (Å²) in [6.07, 6.45) is 1.38. The number of hydrogen-bond acceptors (Lipinski definition) is 2. The normalized spacial score (nSPS) is 15.4. The molecular formula is C23H27BrN2O2. The van der Waals surface area contributed by atoms with Gasteiger partial charge in [0.1, 0.15) is 0 Å². The molecule has 3 rings (SSSR count). The minimum atomic E-state index is -0.0590. The summed E-state index contributed by atoms with van der Waals surface area (Å²) in [7, 11) is 0. The SMILES string of the molecule is CC(C)(C)c1ccc(NC(=O)C2CCN(C(=O)c3ccc(Br)cc3)CC2)cc1. The average Bonchev–Trinajstić information content (AvgIpc) is 2.68. The van der Waals surface area contributed by atoms with Gasteiger partial charge in [-0.2, -0.15) is 0 Å². The van der Waals surface area contributed by atoms with Crippen molar-refractivity contribution in [3.8, 4) is 0 Å². The van der Waals surface area contributed by atoms with E-state index in [-0.39, 0.29) is 23.1 Å². The number of nitrogens with one attached hydrogen (secondary N) is 1. The standard InChI is InChI=1S/C23H27BrN2O2/c1-23(2,3)18-6-10-20(11-7-18)25-21(27)16-12-14-26(15-13-16)22(28)17-4-8-19(24)9-5-17/h4-11,16H,12-15H2,1-3H3,(H,25,27). The molecule has 0 radical (unpaired) electrons. The van der Waals surface area contributed by atoms with E-state index < -0.39 is 0 Å². The quantitative estimate of drug-likeness (QED) is 0.706. The summed E-state index contributed by atoms with van der Waals surface area (Å²) in [4.78, 5) is 27.1. The molecule has 1 heterocycles.